The molecule has 3 nitrogen and oxygen atoms in total. The molecule has 0 saturated carbocycles. The van der Waals surface area contributed by atoms with Crippen molar-refractivity contribution in [3.63, 3.8) is 0 Å². The molecular weight excluding hydrogens is 233 g/mol. The van der Waals surface area contributed by atoms with Crippen LogP contribution < -0.4 is 5.11 Å². The predicted octanol–water partition coefficient (Wildman–Crippen LogP) is 0.861. The van der Waals surface area contributed by atoms with Gasteiger partial charge in [0, 0.05) is 11.8 Å². The summed E-state index contributed by atoms with van der Waals surface area (Å²) in [7, 11) is 0. The molecule has 1 heterocycles. The number of hydrogen-bond acceptors (Lipinski definition) is 3. The maximum absolute atomic E-state index is 10.2. The normalized spacial score (nSPS) is 9.64. The highest BCUT2D eigenvalue weighted by Gasteiger charge is 1.99. The van der Waals surface area contributed by atoms with Crippen LogP contribution in [-0.4, -0.2) is 11.0 Å². The molecule has 0 fully saturated rings. The highest BCUT2D eigenvalue weighted by molar-refractivity contribution is 9.10. The Bertz CT molecular complexity index is 303. The largest absolute Gasteiger partial charge is 0.545 e. The topological polar surface area (TPSA) is 53.0 Å². The average molecular weight is 235 g/mol. The first-order valence-corrected chi connectivity index (χ1v) is 3.81. The van der Waals surface area contributed by atoms with Crippen molar-refractivity contribution in [2.45, 2.75) is 0 Å². The summed E-state index contributed by atoms with van der Waals surface area (Å²) in [5.74, 6) is -1.27. The summed E-state index contributed by atoms with van der Waals surface area (Å²) in [5, 5.41) is 10.5. The predicted molar refractivity (Wildman–Crippen MR) is 41.3 cm³/mol. The Morgan fingerprint density at radius 1 is 1.73 bits per heavy atom. The second kappa shape index (κ2) is 3.19. The zero-order chi connectivity index (χ0) is 8.43. The first-order valence-electron chi connectivity index (χ1n) is 2.63. The lowest BCUT2D eigenvalue weighted by molar-refractivity contribution is -0.255. The smallest absolute Gasteiger partial charge is 0.143 e. The molecule has 1 aromatic rings. The Hall–Kier alpha value is -0.610. The summed E-state index contributed by atoms with van der Waals surface area (Å²) in [6, 6.07) is 1.34. The second-order valence-electron chi connectivity index (χ2n) is 1.78. The van der Waals surface area contributed by atoms with Crippen molar-refractivity contribution in [3.05, 3.63) is 27.5 Å². The number of carbonyl (C=O) groups excluding carboxylic acids is 1. The van der Waals surface area contributed by atoms with Gasteiger partial charge in [0.05, 0.1) is 10.4 Å². The lowest BCUT2D eigenvalue weighted by Gasteiger charge is -2.01. The van der Waals surface area contributed by atoms with Crippen LogP contribution in [0.3, 0.4) is 0 Å². The summed E-state index contributed by atoms with van der Waals surface area (Å²) < 4.78 is 0.445. The molecule has 0 aliphatic heterocycles. The molecule has 0 aliphatic carbocycles. The van der Waals surface area contributed by atoms with Crippen molar-refractivity contribution >= 4 is 33.5 Å². The van der Waals surface area contributed by atoms with Crippen molar-refractivity contribution in [3.8, 4) is 0 Å². The SMILES string of the molecule is O=C([O-])c1cnc(Cl)c(Br)c1. The summed E-state index contributed by atoms with van der Waals surface area (Å²) in [4.78, 5) is 13.8. The zero-order valence-electron chi connectivity index (χ0n) is 5.17. The molecule has 0 spiro atoms. The van der Waals surface area contributed by atoms with Crippen molar-refractivity contribution < 1.29 is 9.90 Å². The number of pyridine rings is 1. The maximum atomic E-state index is 10.2. The Kier molecular flexibility index (Phi) is 2.46. The number of aromatic carboxylic acids is 1. The number of carboxylic acid groups (broad SMARTS) is 1. The Morgan fingerprint density at radius 3 is 2.82 bits per heavy atom. The number of rotatable bonds is 1. The van der Waals surface area contributed by atoms with E-state index in [1.54, 1.807) is 0 Å². The van der Waals surface area contributed by atoms with Crippen LogP contribution >= 0.6 is 27.5 Å². The molecule has 0 unspecified atom stereocenters. The first-order chi connectivity index (χ1) is 5.11. The quantitative estimate of drug-likeness (QED) is 0.679. The average Bonchev–Trinajstić information content (AvgIpc) is 1.94. The molecule has 0 atom stereocenters. The highest BCUT2D eigenvalue weighted by Crippen LogP contribution is 2.19. The van der Waals surface area contributed by atoms with Crippen LogP contribution in [0.5, 0.6) is 0 Å². The number of hydrogen-bond donors (Lipinski definition) is 0. The fourth-order valence-corrected chi connectivity index (χ4v) is 0.985. The number of nitrogens with zero attached hydrogens (tertiary/aromatic N) is 1. The van der Waals surface area contributed by atoms with Crippen LogP contribution in [0, 0.1) is 0 Å². The Balaban J connectivity index is 3.15. The third-order valence-electron chi connectivity index (χ3n) is 1.03. The number of carbonyl (C=O) groups is 1. The van der Waals surface area contributed by atoms with Gasteiger partial charge in [-0.15, -0.1) is 0 Å². The monoisotopic (exact) mass is 234 g/mol. The molecule has 11 heavy (non-hydrogen) atoms. The van der Waals surface area contributed by atoms with Gasteiger partial charge in [0.15, 0.2) is 0 Å². The van der Waals surface area contributed by atoms with Gasteiger partial charge in [-0.1, -0.05) is 11.6 Å². The maximum Gasteiger partial charge on any atom is 0.143 e. The van der Waals surface area contributed by atoms with E-state index in [4.69, 9.17) is 11.6 Å². The van der Waals surface area contributed by atoms with E-state index in [9.17, 15) is 9.90 Å². The third kappa shape index (κ3) is 1.91. The van der Waals surface area contributed by atoms with Gasteiger partial charge in [-0.25, -0.2) is 4.98 Å². The van der Waals surface area contributed by atoms with Crippen LogP contribution in [0.4, 0.5) is 0 Å². The van der Waals surface area contributed by atoms with Crippen molar-refractivity contribution in [1.82, 2.24) is 4.98 Å². The first kappa shape index (κ1) is 8.49. The molecule has 58 valence electrons. The van der Waals surface area contributed by atoms with Gasteiger partial charge in [-0.3, -0.25) is 0 Å². The van der Waals surface area contributed by atoms with Crippen LogP contribution in [0.25, 0.3) is 0 Å². The molecule has 0 aromatic carbocycles. The highest BCUT2D eigenvalue weighted by atomic mass is 79.9. The summed E-state index contributed by atoms with van der Waals surface area (Å²) in [6.07, 6.45) is 1.14. The molecule has 0 radical (unpaired) electrons. The molecule has 0 N–H and O–H groups in total. The molecule has 5 heteroatoms. The number of halogens is 2. The molecule has 1 rings (SSSR count). The minimum atomic E-state index is -1.27. The lowest BCUT2D eigenvalue weighted by Crippen LogP contribution is -2.22. The van der Waals surface area contributed by atoms with E-state index < -0.39 is 5.97 Å². The van der Waals surface area contributed by atoms with E-state index in [1.807, 2.05) is 0 Å². The van der Waals surface area contributed by atoms with Crippen molar-refractivity contribution in [1.29, 1.82) is 0 Å². The van der Waals surface area contributed by atoms with E-state index >= 15 is 0 Å². The fourth-order valence-electron chi connectivity index (χ4n) is 0.533. The van der Waals surface area contributed by atoms with Gasteiger partial charge in [0.25, 0.3) is 0 Å². The van der Waals surface area contributed by atoms with E-state index in [0.717, 1.165) is 6.20 Å². The number of carboxylic acids is 1. The van der Waals surface area contributed by atoms with E-state index in [-0.39, 0.29) is 10.7 Å². The van der Waals surface area contributed by atoms with Gasteiger partial charge in [-0.2, -0.15) is 0 Å². The lowest BCUT2D eigenvalue weighted by atomic mass is 10.3. The van der Waals surface area contributed by atoms with Gasteiger partial charge in [0.1, 0.15) is 5.15 Å². The van der Waals surface area contributed by atoms with E-state index in [1.165, 1.54) is 6.07 Å². The third-order valence-corrected chi connectivity index (χ3v) is 2.17. The van der Waals surface area contributed by atoms with Gasteiger partial charge in [-0.05, 0) is 22.0 Å². The van der Waals surface area contributed by atoms with Gasteiger partial charge >= 0.3 is 0 Å². The van der Waals surface area contributed by atoms with Crippen LogP contribution in [0.15, 0.2) is 16.7 Å². The molecule has 0 bridgehead atoms. The Labute approximate surface area is 76.1 Å². The van der Waals surface area contributed by atoms with Gasteiger partial charge in [0.2, 0.25) is 0 Å². The van der Waals surface area contributed by atoms with E-state index in [2.05, 4.69) is 20.9 Å². The van der Waals surface area contributed by atoms with Crippen molar-refractivity contribution in [2.24, 2.45) is 0 Å². The summed E-state index contributed by atoms with van der Waals surface area (Å²) in [6.45, 7) is 0. The summed E-state index contributed by atoms with van der Waals surface area (Å²) in [5.41, 5.74) is 0.00118. The molecular formula is C6H2BrClNO2-. The zero-order valence-corrected chi connectivity index (χ0v) is 7.52. The van der Waals surface area contributed by atoms with Crippen LogP contribution in [0.2, 0.25) is 5.15 Å². The molecule has 0 saturated heterocycles. The van der Waals surface area contributed by atoms with Crippen LogP contribution in [-0.2, 0) is 0 Å². The molecule has 0 amide bonds. The van der Waals surface area contributed by atoms with Crippen molar-refractivity contribution in [2.75, 3.05) is 0 Å². The summed E-state index contributed by atoms with van der Waals surface area (Å²) >= 11 is 8.54. The molecule has 1 aromatic heterocycles. The van der Waals surface area contributed by atoms with Crippen LogP contribution in [0.1, 0.15) is 10.4 Å². The standard InChI is InChI=1S/C6H3BrClNO2/c7-4-1-3(6(10)11)2-9-5(4)8/h1-2H,(H,10,11)/p-1. The number of aromatic nitrogens is 1. The fraction of sp³-hybridized carbons (Fsp3) is 0. The molecule has 0 aliphatic rings. The second-order valence-corrected chi connectivity index (χ2v) is 3.00. The Morgan fingerprint density at radius 2 is 2.36 bits per heavy atom. The minimum Gasteiger partial charge on any atom is -0.545 e. The van der Waals surface area contributed by atoms with Gasteiger partial charge < -0.3 is 9.90 Å². The minimum absolute atomic E-state index is 0.00118. The van der Waals surface area contributed by atoms with E-state index in [0.29, 0.717) is 4.47 Å².